The van der Waals surface area contributed by atoms with Gasteiger partial charge in [0.1, 0.15) is 18.4 Å². The number of carbonyl (C=O) groups excluding carboxylic acids is 4. The smallest absolute Gasteiger partial charge is 0.407 e. The molecule has 3 amide bonds. The lowest BCUT2D eigenvalue weighted by Gasteiger charge is -2.22. The molecule has 0 aliphatic carbocycles. The van der Waals surface area contributed by atoms with Crippen LogP contribution in [-0.2, 0) is 32.1 Å². The van der Waals surface area contributed by atoms with Crippen LogP contribution in [0.1, 0.15) is 56.6 Å². The van der Waals surface area contributed by atoms with Gasteiger partial charge in [0.25, 0.3) is 0 Å². The molecular formula is C31H44N6O5. The van der Waals surface area contributed by atoms with Crippen LogP contribution < -0.4 is 27.8 Å². The van der Waals surface area contributed by atoms with Gasteiger partial charge in [-0.1, -0.05) is 67.6 Å². The van der Waals surface area contributed by atoms with Crippen molar-refractivity contribution in [2.75, 3.05) is 13.1 Å². The molecule has 0 aliphatic heterocycles. The quantitative estimate of drug-likeness (QED) is 0.0957. The van der Waals surface area contributed by atoms with Crippen LogP contribution >= 0.6 is 0 Å². The number of ether oxygens (including phenoxy) is 1. The van der Waals surface area contributed by atoms with E-state index in [1.54, 1.807) is 0 Å². The van der Waals surface area contributed by atoms with Gasteiger partial charge in [0.2, 0.25) is 11.8 Å². The van der Waals surface area contributed by atoms with E-state index in [0.29, 0.717) is 51.6 Å². The lowest BCUT2D eigenvalue weighted by molar-refractivity contribution is -0.133. The molecule has 2 rings (SSSR count). The number of nitrogens with zero attached hydrogens (tertiary/aromatic N) is 1. The molecule has 42 heavy (non-hydrogen) atoms. The Hall–Kier alpha value is -4.41. The highest BCUT2D eigenvalue weighted by Gasteiger charge is 2.28. The summed E-state index contributed by atoms with van der Waals surface area (Å²) >= 11 is 0. The molecule has 8 N–H and O–H groups in total. The van der Waals surface area contributed by atoms with E-state index < -0.39 is 29.9 Å². The average molecular weight is 581 g/mol. The topological polar surface area (TPSA) is 192 Å². The van der Waals surface area contributed by atoms with Gasteiger partial charge in [-0.2, -0.15) is 0 Å². The van der Waals surface area contributed by atoms with Gasteiger partial charge in [-0.25, -0.2) is 4.79 Å². The number of primary amides is 1. The minimum absolute atomic E-state index is 0.00943. The monoisotopic (exact) mass is 580 g/mol. The highest BCUT2D eigenvalue weighted by molar-refractivity contribution is 5.91. The predicted molar refractivity (Wildman–Crippen MR) is 162 cm³/mol. The molecule has 0 bridgehead atoms. The predicted octanol–water partition coefficient (Wildman–Crippen LogP) is 2.56. The normalized spacial score (nSPS) is 12.8. The van der Waals surface area contributed by atoms with E-state index in [9.17, 15) is 19.2 Å². The summed E-state index contributed by atoms with van der Waals surface area (Å²) in [6, 6.07) is 17.9. The van der Waals surface area contributed by atoms with Gasteiger partial charge in [-0.05, 0) is 49.7 Å². The van der Waals surface area contributed by atoms with Crippen molar-refractivity contribution in [3.05, 3.63) is 71.8 Å². The van der Waals surface area contributed by atoms with Gasteiger partial charge >= 0.3 is 6.09 Å². The SMILES string of the molecule is C[C@H](CCCN=C(N)N)C(=O)C[C@@H](Cc1ccccc1)C(=O)N[C@@H](CCCCNC(=O)OCc1ccccc1)C(N)=O. The van der Waals surface area contributed by atoms with Gasteiger partial charge in [-0.3, -0.25) is 19.4 Å². The summed E-state index contributed by atoms with van der Waals surface area (Å²) in [7, 11) is 0. The van der Waals surface area contributed by atoms with E-state index in [-0.39, 0.29) is 30.7 Å². The molecular weight excluding hydrogens is 536 g/mol. The van der Waals surface area contributed by atoms with Gasteiger partial charge in [-0.15, -0.1) is 0 Å². The summed E-state index contributed by atoms with van der Waals surface area (Å²) in [5.74, 6) is -2.03. The molecule has 0 aromatic heterocycles. The summed E-state index contributed by atoms with van der Waals surface area (Å²) in [6.07, 6.45) is 2.47. The van der Waals surface area contributed by atoms with Gasteiger partial charge < -0.3 is 32.6 Å². The summed E-state index contributed by atoms with van der Waals surface area (Å²) in [6.45, 7) is 2.77. The number of hydrogen-bond donors (Lipinski definition) is 5. The van der Waals surface area contributed by atoms with Crippen LogP contribution in [0.2, 0.25) is 0 Å². The van der Waals surface area contributed by atoms with Crippen molar-refractivity contribution in [2.45, 2.75) is 64.5 Å². The molecule has 228 valence electrons. The second-order valence-corrected chi connectivity index (χ2v) is 10.4. The molecule has 0 fully saturated rings. The van der Waals surface area contributed by atoms with Crippen LogP contribution in [0.5, 0.6) is 0 Å². The van der Waals surface area contributed by atoms with Crippen molar-refractivity contribution in [2.24, 2.45) is 34.0 Å². The first kappa shape index (κ1) is 33.8. The number of nitrogens with one attached hydrogen (secondary N) is 2. The first-order valence-electron chi connectivity index (χ1n) is 14.3. The summed E-state index contributed by atoms with van der Waals surface area (Å²) in [5, 5.41) is 5.44. The second-order valence-electron chi connectivity index (χ2n) is 10.4. The number of aliphatic imine (C=N–C) groups is 1. The fourth-order valence-corrected chi connectivity index (χ4v) is 4.38. The largest absolute Gasteiger partial charge is 0.445 e. The summed E-state index contributed by atoms with van der Waals surface area (Å²) in [5.41, 5.74) is 18.1. The Bertz CT molecular complexity index is 1150. The first-order chi connectivity index (χ1) is 20.2. The maximum absolute atomic E-state index is 13.3. The molecule has 11 heteroatoms. The van der Waals surface area contributed by atoms with Crippen LogP contribution in [-0.4, -0.2) is 48.8 Å². The van der Waals surface area contributed by atoms with E-state index in [0.717, 1.165) is 11.1 Å². The number of rotatable bonds is 19. The van der Waals surface area contributed by atoms with E-state index in [2.05, 4.69) is 15.6 Å². The molecule has 0 radical (unpaired) electrons. The number of Topliss-reactive ketones (excluding diaryl/α,β-unsaturated/α-hetero) is 1. The van der Waals surface area contributed by atoms with Gasteiger partial charge in [0, 0.05) is 31.3 Å². The first-order valence-corrected chi connectivity index (χ1v) is 14.3. The van der Waals surface area contributed by atoms with Crippen molar-refractivity contribution in [1.29, 1.82) is 0 Å². The third-order valence-electron chi connectivity index (χ3n) is 6.84. The lowest BCUT2D eigenvalue weighted by atomic mass is 9.88. The standard InChI is InChI=1S/C31H44N6O5/c1-22(11-10-18-35-30(33)34)27(38)20-25(19-23-12-4-2-5-13-23)29(40)37-26(28(32)39)16-8-9-17-36-31(41)42-21-24-14-6-3-7-15-24/h2-7,12-15,22,25-26H,8-11,16-21H2,1H3,(H2,32,39)(H,36,41)(H,37,40)(H4,33,34,35)/t22-,25-,26+/m1/s1. The Morgan fingerprint density at radius 1 is 0.857 bits per heavy atom. The molecule has 0 spiro atoms. The number of carbonyl (C=O) groups is 4. The fourth-order valence-electron chi connectivity index (χ4n) is 4.38. The Morgan fingerprint density at radius 3 is 2.12 bits per heavy atom. The molecule has 11 nitrogen and oxygen atoms in total. The fraction of sp³-hybridized carbons (Fsp3) is 0.452. The Balaban J connectivity index is 1.86. The zero-order valence-corrected chi connectivity index (χ0v) is 24.3. The summed E-state index contributed by atoms with van der Waals surface area (Å²) in [4.78, 5) is 54.4. The molecule has 2 aromatic rings. The van der Waals surface area contributed by atoms with E-state index in [1.165, 1.54) is 0 Å². The maximum Gasteiger partial charge on any atom is 0.407 e. The van der Waals surface area contributed by atoms with Gasteiger partial charge in [0.15, 0.2) is 5.96 Å². The third-order valence-corrected chi connectivity index (χ3v) is 6.84. The molecule has 0 unspecified atom stereocenters. The molecule has 0 saturated carbocycles. The molecule has 0 saturated heterocycles. The highest BCUT2D eigenvalue weighted by Crippen LogP contribution is 2.19. The van der Waals surface area contributed by atoms with Crippen molar-refractivity contribution < 1.29 is 23.9 Å². The number of alkyl carbamates (subject to hydrolysis) is 1. The number of hydrogen-bond acceptors (Lipinski definition) is 6. The second kappa shape index (κ2) is 18.8. The van der Waals surface area contributed by atoms with Crippen molar-refractivity contribution in [3.63, 3.8) is 0 Å². The number of benzene rings is 2. The minimum atomic E-state index is -0.895. The lowest BCUT2D eigenvalue weighted by Crippen LogP contribution is -2.47. The minimum Gasteiger partial charge on any atom is -0.445 e. The van der Waals surface area contributed by atoms with Crippen LogP contribution in [0.25, 0.3) is 0 Å². The Labute approximate surface area is 247 Å². The zero-order chi connectivity index (χ0) is 30.7. The van der Waals surface area contributed by atoms with Crippen LogP contribution in [0.4, 0.5) is 4.79 Å². The van der Waals surface area contributed by atoms with Crippen molar-refractivity contribution >= 4 is 29.7 Å². The zero-order valence-electron chi connectivity index (χ0n) is 24.3. The average Bonchev–Trinajstić information content (AvgIpc) is 2.97. The van der Waals surface area contributed by atoms with E-state index in [1.807, 2.05) is 67.6 Å². The molecule has 0 aliphatic rings. The Morgan fingerprint density at radius 2 is 1.50 bits per heavy atom. The molecule has 2 aromatic carbocycles. The molecule has 3 atom stereocenters. The number of nitrogens with two attached hydrogens (primary N) is 3. The number of guanidine groups is 1. The highest BCUT2D eigenvalue weighted by atomic mass is 16.5. The van der Waals surface area contributed by atoms with E-state index >= 15 is 0 Å². The van der Waals surface area contributed by atoms with Crippen LogP contribution in [0.3, 0.4) is 0 Å². The van der Waals surface area contributed by atoms with Crippen molar-refractivity contribution in [3.8, 4) is 0 Å². The number of amides is 3. The number of ketones is 1. The summed E-state index contributed by atoms with van der Waals surface area (Å²) < 4.78 is 5.18. The van der Waals surface area contributed by atoms with Crippen molar-refractivity contribution in [1.82, 2.24) is 10.6 Å². The molecule has 0 heterocycles. The van der Waals surface area contributed by atoms with Crippen LogP contribution in [0, 0.1) is 11.8 Å². The number of unbranched alkanes of at least 4 members (excludes halogenated alkanes) is 1. The van der Waals surface area contributed by atoms with Gasteiger partial charge in [0.05, 0.1) is 0 Å². The third kappa shape index (κ3) is 13.8. The maximum atomic E-state index is 13.3. The Kier molecular flexibility index (Phi) is 15.2. The van der Waals surface area contributed by atoms with Crippen LogP contribution in [0.15, 0.2) is 65.7 Å². The van der Waals surface area contributed by atoms with E-state index in [4.69, 9.17) is 21.9 Å².